The van der Waals surface area contributed by atoms with Crippen molar-refractivity contribution in [1.29, 1.82) is 0 Å². The lowest BCUT2D eigenvalue weighted by atomic mass is 10.1. The highest BCUT2D eigenvalue weighted by Gasteiger charge is 2.24. The molecule has 0 bridgehead atoms. The number of hydrogen-bond donors (Lipinski definition) is 4. The van der Waals surface area contributed by atoms with Crippen LogP contribution >= 0.6 is 0 Å². The molecule has 12 heteroatoms. The number of rotatable bonds is 11. The number of amides is 2. The Morgan fingerprint density at radius 1 is 1.19 bits per heavy atom. The molecule has 0 unspecified atom stereocenters. The van der Waals surface area contributed by atoms with E-state index >= 15 is 0 Å². The fourth-order valence-electron chi connectivity index (χ4n) is 3.22. The highest BCUT2D eigenvalue weighted by Crippen LogP contribution is 2.14. The fourth-order valence-corrected chi connectivity index (χ4v) is 3.22. The van der Waals surface area contributed by atoms with Crippen LogP contribution in [0, 0.1) is 11.6 Å². The minimum Gasteiger partial charge on any atom is -0.503 e. The van der Waals surface area contributed by atoms with E-state index in [4.69, 9.17) is 4.74 Å². The minimum atomic E-state index is -1.08. The number of hydrogen-bond acceptors (Lipinski definition) is 7. The molecule has 2 amide bonds. The molecule has 0 saturated carbocycles. The zero-order valence-electron chi connectivity index (χ0n) is 19.4. The number of carbonyl (C=O) groups excluding carboxylic acids is 2. The minimum absolute atomic E-state index is 0.00388. The Balaban J connectivity index is 1.71. The van der Waals surface area contributed by atoms with E-state index in [1.165, 1.54) is 12.0 Å². The Morgan fingerprint density at radius 2 is 2.00 bits per heavy atom. The van der Waals surface area contributed by atoms with E-state index < -0.39 is 45.9 Å². The maximum absolute atomic E-state index is 13.8. The quantitative estimate of drug-likeness (QED) is 0.293. The molecule has 3 rings (SSSR count). The van der Waals surface area contributed by atoms with Crippen LogP contribution in [-0.4, -0.2) is 58.7 Å². The number of benzene rings is 1. The number of aromatic amines is 1. The van der Waals surface area contributed by atoms with Gasteiger partial charge in [-0.2, -0.15) is 0 Å². The van der Waals surface area contributed by atoms with Gasteiger partial charge in [-0.1, -0.05) is 12.1 Å². The molecule has 4 N–H and O–H groups in total. The maximum Gasteiger partial charge on any atom is 0.275 e. The lowest BCUT2D eigenvalue weighted by Crippen LogP contribution is -2.41. The summed E-state index contributed by atoms with van der Waals surface area (Å²) in [7, 11) is 1.47. The number of carbonyl (C=O) groups is 2. The molecule has 0 saturated heterocycles. The van der Waals surface area contributed by atoms with Crippen LogP contribution in [0.15, 0.2) is 53.6 Å². The number of nitrogens with one attached hydrogen (secondary N) is 3. The third-order valence-corrected chi connectivity index (χ3v) is 5.16. The van der Waals surface area contributed by atoms with Crippen molar-refractivity contribution in [1.82, 2.24) is 25.5 Å². The molecule has 10 nitrogen and oxygen atoms in total. The van der Waals surface area contributed by atoms with E-state index in [2.05, 4.69) is 20.6 Å². The van der Waals surface area contributed by atoms with Gasteiger partial charge in [0, 0.05) is 50.8 Å². The second kappa shape index (κ2) is 12.5. The van der Waals surface area contributed by atoms with Crippen molar-refractivity contribution >= 4 is 11.8 Å². The summed E-state index contributed by atoms with van der Waals surface area (Å²) in [6, 6.07) is 8.28. The first-order chi connectivity index (χ1) is 17.3. The van der Waals surface area contributed by atoms with E-state index in [0.29, 0.717) is 12.6 Å². The molecule has 0 radical (unpaired) electrons. The summed E-state index contributed by atoms with van der Waals surface area (Å²) < 4.78 is 31.9. The molecule has 36 heavy (non-hydrogen) atoms. The summed E-state index contributed by atoms with van der Waals surface area (Å²) in [6.45, 7) is 0.456. The molecule has 0 atom stereocenters. The van der Waals surface area contributed by atoms with Crippen LogP contribution in [0.5, 0.6) is 5.75 Å². The van der Waals surface area contributed by atoms with Gasteiger partial charge in [-0.25, -0.2) is 8.78 Å². The standard InChI is InChI=1S/C24H25F2N5O5/c1-36-9-8-31(14-27-12-17-4-2-3-7-28-17)24(35)20-22(33)21(32)18(13-29-20)23(34)30-11-15-5-6-16(25)10-19(15)26/h2-7,10,13,27,33H,8-9,11-12,14H2,1H3,(H,29,32)(H,30,34). The predicted octanol–water partition coefficient (Wildman–Crippen LogP) is 1.52. The van der Waals surface area contributed by atoms with Crippen molar-refractivity contribution in [2.45, 2.75) is 13.1 Å². The summed E-state index contributed by atoms with van der Waals surface area (Å²) in [5, 5.41) is 15.8. The van der Waals surface area contributed by atoms with Crippen molar-refractivity contribution in [3.8, 4) is 5.75 Å². The van der Waals surface area contributed by atoms with Crippen LogP contribution in [0.1, 0.15) is 32.1 Å². The van der Waals surface area contributed by atoms with Crippen molar-refractivity contribution in [3.05, 3.63) is 93.2 Å². The molecular weight excluding hydrogens is 476 g/mol. The summed E-state index contributed by atoms with van der Waals surface area (Å²) in [5.74, 6) is -4.18. The lowest BCUT2D eigenvalue weighted by Gasteiger charge is -2.23. The first-order valence-corrected chi connectivity index (χ1v) is 10.9. The highest BCUT2D eigenvalue weighted by molar-refractivity contribution is 5.98. The number of aromatic hydroxyl groups is 1. The van der Waals surface area contributed by atoms with Gasteiger partial charge in [-0.15, -0.1) is 0 Å². The molecule has 3 aromatic rings. The average Bonchev–Trinajstić information content (AvgIpc) is 2.87. The zero-order valence-corrected chi connectivity index (χ0v) is 19.4. The van der Waals surface area contributed by atoms with Gasteiger partial charge in [0.15, 0.2) is 11.4 Å². The molecule has 0 aliphatic carbocycles. The van der Waals surface area contributed by atoms with Crippen LogP contribution < -0.4 is 16.1 Å². The van der Waals surface area contributed by atoms with Crippen LogP contribution in [0.3, 0.4) is 0 Å². The van der Waals surface area contributed by atoms with Crippen LogP contribution in [0.4, 0.5) is 8.78 Å². The number of nitrogens with zero attached hydrogens (tertiary/aromatic N) is 2. The third-order valence-electron chi connectivity index (χ3n) is 5.16. The Labute approximate surface area is 204 Å². The molecule has 2 aromatic heterocycles. The van der Waals surface area contributed by atoms with Gasteiger partial charge in [0.05, 0.1) is 19.0 Å². The molecule has 0 spiro atoms. The molecule has 0 aliphatic heterocycles. The van der Waals surface area contributed by atoms with E-state index in [-0.39, 0.29) is 31.9 Å². The second-order valence-electron chi connectivity index (χ2n) is 7.64. The van der Waals surface area contributed by atoms with Gasteiger partial charge in [-0.3, -0.25) is 24.7 Å². The second-order valence-corrected chi connectivity index (χ2v) is 7.64. The number of aromatic nitrogens is 2. The SMILES string of the molecule is COCCN(CNCc1ccccn1)C(=O)c1[nH]cc(C(=O)NCc2ccc(F)cc2F)c(=O)c1O. The van der Waals surface area contributed by atoms with Gasteiger partial charge in [0.25, 0.3) is 11.8 Å². The van der Waals surface area contributed by atoms with Crippen molar-refractivity contribution in [3.63, 3.8) is 0 Å². The highest BCUT2D eigenvalue weighted by atomic mass is 19.1. The number of ether oxygens (including phenoxy) is 1. The molecule has 190 valence electrons. The van der Waals surface area contributed by atoms with Gasteiger partial charge in [0.1, 0.15) is 17.2 Å². The number of methoxy groups -OCH3 is 1. The smallest absolute Gasteiger partial charge is 0.275 e. The van der Waals surface area contributed by atoms with Gasteiger partial charge >= 0.3 is 0 Å². The topological polar surface area (TPSA) is 137 Å². The monoisotopic (exact) mass is 501 g/mol. The normalized spacial score (nSPS) is 10.8. The van der Waals surface area contributed by atoms with Gasteiger partial charge in [0.2, 0.25) is 5.43 Å². The zero-order chi connectivity index (χ0) is 26.1. The average molecular weight is 501 g/mol. The number of halogens is 2. The van der Waals surface area contributed by atoms with E-state index in [1.54, 1.807) is 12.3 Å². The molecule has 0 aliphatic rings. The van der Waals surface area contributed by atoms with Crippen LogP contribution in [0.25, 0.3) is 0 Å². The Kier molecular flexibility index (Phi) is 9.19. The Hall–Kier alpha value is -4.16. The lowest BCUT2D eigenvalue weighted by molar-refractivity contribution is 0.0668. The number of pyridine rings is 2. The summed E-state index contributed by atoms with van der Waals surface area (Å²) in [4.78, 5) is 46.1. The van der Waals surface area contributed by atoms with Crippen molar-refractivity contribution in [2.75, 3.05) is 26.9 Å². The molecular formula is C24H25F2N5O5. The largest absolute Gasteiger partial charge is 0.503 e. The summed E-state index contributed by atoms with van der Waals surface area (Å²) in [5.41, 5.74) is -1.21. The van der Waals surface area contributed by atoms with Crippen molar-refractivity contribution < 1.29 is 28.2 Å². The summed E-state index contributed by atoms with van der Waals surface area (Å²) >= 11 is 0. The predicted molar refractivity (Wildman–Crippen MR) is 125 cm³/mol. The Morgan fingerprint density at radius 3 is 2.69 bits per heavy atom. The Bertz CT molecular complexity index is 1270. The van der Waals surface area contributed by atoms with Gasteiger partial charge in [-0.05, 0) is 18.2 Å². The molecule has 2 heterocycles. The van der Waals surface area contributed by atoms with Crippen LogP contribution in [-0.2, 0) is 17.8 Å². The first kappa shape index (κ1) is 26.4. The summed E-state index contributed by atoms with van der Waals surface area (Å²) in [6.07, 6.45) is 2.63. The van der Waals surface area contributed by atoms with Crippen molar-refractivity contribution in [2.24, 2.45) is 0 Å². The molecule has 1 aromatic carbocycles. The number of H-pyrrole nitrogens is 1. The van der Waals surface area contributed by atoms with E-state index in [1.807, 2.05) is 12.1 Å². The first-order valence-electron chi connectivity index (χ1n) is 10.9. The van der Waals surface area contributed by atoms with Crippen LogP contribution in [0.2, 0.25) is 0 Å². The maximum atomic E-state index is 13.8. The fraction of sp³-hybridized carbons (Fsp3) is 0.250. The third kappa shape index (κ3) is 6.71. The van der Waals surface area contributed by atoms with E-state index in [9.17, 15) is 28.3 Å². The van der Waals surface area contributed by atoms with E-state index in [0.717, 1.165) is 24.0 Å². The van der Waals surface area contributed by atoms with Gasteiger partial charge < -0.3 is 25.0 Å². The molecule has 0 fully saturated rings.